The normalized spacial score (nSPS) is 30.8. The predicted octanol–water partition coefficient (Wildman–Crippen LogP) is 2.95. The number of carbonyl (C=O) groups is 2. The highest BCUT2D eigenvalue weighted by molar-refractivity contribution is 6.17. The summed E-state index contributed by atoms with van der Waals surface area (Å²) in [7, 11) is 1.36. The summed E-state index contributed by atoms with van der Waals surface area (Å²) in [6.07, 6.45) is 2.36. The molecular formula is C15H24ClNO4. The molecule has 2 fully saturated rings. The summed E-state index contributed by atoms with van der Waals surface area (Å²) in [5.74, 6) is 0.480. The summed E-state index contributed by atoms with van der Waals surface area (Å²) in [6.45, 7) is 5.47. The first kappa shape index (κ1) is 16.4. The Morgan fingerprint density at radius 2 is 2.05 bits per heavy atom. The Kier molecular flexibility index (Phi) is 4.43. The molecule has 0 spiro atoms. The standard InChI is InChI=1S/C15H24ClNO4/c1-14(2,3)21-13(19)17-11-8-10(11)9-15(17,6-5-7-16)12(18)20-4/h10-11H,5-9H2,1-4H3/t10-,11-,15?/m1/s1. The second-order valence-corrected chi connectivity index (χ2v) is 7.31. The van der Waals surface area contributed by atoms with Crippen LogP contribution in [0.1, 0.15) is 46.5 Å². The fraction of sp³-hybridized carbons (Fsp3) is 0.867. The number of rotatable bonds is 4. The van der Waals surface area contributed by atoms with Gasteiger partial charge in [-0.1, -0.05) is 0 Å². The van der Waals surface area contributed by atoms with Crippen LogP contribution in [-0.2, 0) is 14.3 Å². The van der Waals surface area contributed by atoms with Gasteiger partial charge >= 0.3 is 12.1 Å². The molecule has 1 heterocycles. The number of halogens is 1. The molecule has 0 bridgehead atoms. The van der Waals surface area contributed by atoms with Crippen molar-refractivity contribution < 1.29 is 19.1 Å². The summed E-state index contributed by atoms with van der Waals surface area (Å²) < 4.78 is 10.5. The van der Waals surface area contributed by atoms with E-state index in [2.05, 4.69) is 0 Å². The van der Waals surface area contributed by atoms with Gasteiger partial charge in [0.2, 0.25) is 0 Å². The van der Waals surface area contributed by atoms with Gasteiger partial charge < -0.3 is 9.47 Å². The lowest BCUT2D eigenvalue weighted by Gasteiger charge is -2.38. The second kappa shape index (κ2) is 5.67. The summed E-state index contributed by atoms with van der Waals surface area (Å²) in [5.41, 5.74) is -1.49. The number of likely N-dealkylation sites (tertiary alicyclic amines) is 1. The maximum atomic E-state index is 12.6. The quantitative estimate of drug-likeness (QED) is 0.591. The minimum atomic E-state index is -0.903. The number of hydrogen-bond donors (Lipinski definition) is 0. The van der Waals surface area contributed by atoms with Crippen LogP contribution in [0.15, 0.2) is 0 Å². The van der Waals surface area contributed by atoms with Crippen LogP contribution in [0.2, 0.25) is 0 Å². The number of nitrogens with zero attached hydrogens (tertiary/aromatic N) is 1. The molecule has 5 nitrogen and oxygen atoms in total. The number of hydrogen-bond acceptors (Lipinski definition) is 4. The zero-order valence-corrected chi connectivity index (χ0v) is 13.9. The van der Waals surface area contributed by atoms with Gasteiger partial charge in [-0.05, 0) is 52.4 Å². The monoisotopic (exact) mass is 317 g/mol. The Labute approximate surface area is 130 Å². The Balaban J connectivity index is 2.25. The Morgan fingerprint density at radius 1 is 1.38 bits per heavy atom. The van der Waals surface area contributed by atoms with Gasteiger partial charge in [0.25, 0.3) is 0 Å². The molecule has 3 atom stereocenters. The fourth-order valence-corrected chi connectivity index (χ4v) is 3.43. The molecule has 0 N–H and O–H groups in total. The molecule has 2 rings (SSSR count). The Morgan fingerprint density at radius 3 is 2.57 bits per heavy atom. The number of fused-ring (bicyclic) bond motifs is 1. The van der Waals surface area contributed by atoms with Crippen molar-refractivity contribution in [3.05, 3.63) is 0 Å². The maximum absolute atomic E-state index is 12.6. The lowest BCUT2D eigenvalue weighted by atomic mass is 9.88. The molecule has 0 aromatic rings. The van der Waals surface area contributed by atoms with Crippen molar-refractivity contribution in [2.45, 2.75) is 63.6 Å². The molecule has 120 valence electrons. The van der Waals surface area contributed by atoms with Gasteiger partial charge in [0, 0.05) is 11.9 Å². The molecule has 1 aliphatic carbocycles. The van der Waals surface area contributed by atoms with Gasteiger partial charge in [-0.15, -0.1) is 11.6 Å². The number of amides is 1. The molecule has 21 heavy (non-hydrogen) atoms. The topological polar surface area (TPSA) is 55.8 Å². The predicted molar refractivity (Wildman–Crippen MR) is 79.3 cm³/mol. The highest BCUT2D eigenvalue weighted by Gasteiger charge is 2.65. The van der Waals surface area contributed by atoms with E-state index in [1.54, 1.807) is 4.90 Å². The van der Waals surface area contributed by atoms with Crippen LogP contribution in [0.4, 0.5) is 4.79 Å². The Bertz CT molecular complexity index is 434. The molecule has 6 heteroatoms. The van der Waals surface area contributed by atoms with Crippen molar-refractivity contribution in [3.63, 3.8) is 0 Å². The van der Waals surface area contributed by atoms with Crippen LogP contribution in [0.25, 0.3) is 0 Å². The van der Waals surface area contributed by atoms with Gasteiger partial charge in [-0.2, -0.15) is 0 Å². The fourth-order valence-electron chi connectivity index (χ4n) is 3.29. The van der Waals surface area contributed by atoms with Crippen molar-refractivity contribution >= 4 is 23.7 Å². The third-order valence-corrected chi connectivity index (χ3v) is 4.42. The first-order valence-electron chi connectivity index (χ1n) is 7.42. The van der Waals surface area contributed by atoms with Crippen LogP contribution < -0.4 is 0 Å². The number of methoxy groups -OCH3 is 1. The molecule has 2 aliphatic rings. The zero-order valence-electron chi connectivity index (χ0n) is 13.1. The van der Waals surface area contributed by atoms with Gasteiger partial charge in [0.15, 0.2) is 0 Å². The molecule has 1 amide bonds. The van der Waals surface area contributed by atoms with E-state index in [0.29, 0.717) is 31.1 Å². The van der Waals surface area contributed by atoms with E-state index >= 15 is 0 Å². The third kappa shape index (κ3) is 3.12. The van der Waals surface area contributed by atoms with Gasteiger partial charge in [0.1, 0.15) is 11.1 Å². The Hall–Kier alpha value is -0.970. The molecule has 0 aromatic heterocycles. The van der Waals surface area contributed by atoms with Crippen LogP contribution in [0.5, 0.6) is 0 Å². The van der Waals surface area contributed by atoms with Gasteiger partial charge in [-0.3, -0.25) is 4.90 Å². The smallest absolute Gasteiger partial charge is 0.411 e. The third-order valence-electron chi connectivity index (χ3n) is 4.16. The van der Waals surface area contributed by atoms with Crippen molar-refractivity contribution in [2.24, 2.45) is 5.92 Å². The van der Waals surface area contributed by atoms with Crippen molar-refractivity contribution in [1.82, 2.24) is 4.90 Å². The number of carbonyl (C=O) groups excluding carboxylic acids is 2. The van der Waals surface area contributed by atoms with E-state index in [9.17, 15) is 9.59 Å². The molecular weight excluding hydrogens is 294 g/mol. The van der Waals surface area contributed by atoms with Crippen LogP contribution in [-0.4, -0.2) is 47.1 Å². The minimum Gasteiger partial charge on any atom is -0.467 e. The summed E-state index contributed by atoms with van der Waals surface area (Å²) >= 11 is 5.78. The van der Waals surface area contributed by atoms with Gasteiger partial charge in [0.05, 0.1) is 7.11 Å². The first-order chi connectivity index (χ1) is 9.75. The zero-order chi connectivity index (χ0) is 15.8. The average molecular weight is 318 g/mol. The van der Waals surface area contributed by atoms with Crippen molar-refractivity contribution in [1.29, 1.82) is 0 Å². The molecule has 0 radical (unpaired) electrons. The summed E-state index contributed by atoms with van der Waals surface area (Å²) in [5, 5.41) is 0. The number of esters is 1. The van der Waals surface area contributed by atoms with Crippen LogP contribution in [0.3, 0.4) is 0 Å². The van der Waals surface area contributed by atoms with Gasteiger partial charge in [-0.25, -0.2) is 9.59 Å². The minimum absolute atomic E-state index is 0.106. The van der Waals surface area contributed by atoms with E-state index in [1.807, 2.05) is 20.8 Å². The largest absolute Gasteiger partial charge is 0.467 e. The molecule has 1 aliphatic heterocycles. The number of ether oxygens (including phenoxy) is 2. The molecule has 1 saturated heterocycles. The lowest BCUT2D eigenvalue weighted by Crippen LogP contribution is -2.56. The number of piperidine rings is 1. The molecule has 1 saturated carbocycles. The highest BCUT2D eigenvalue weighted by Crippen LogP contribution is 2.55. The molecule has 0 aromatic carbocycles. The summed E-state index contributed by atoms with van der Waals surface area (Å²) in [6, 6.07) is 0.106. The van der Waals surface area contributed by atoms with E-state index in [0.717, 1.165) is 6.42 Å². The average Bonchev–Trinajstić information content (AvgIpc) is 3.04. The highest BCUT2D eigenvalue weighted by atomic mass is 35.5. The van der Waals surface area contributed by atoms with Crippen LogP contribution >= 0.6 is 11.6 Å². The second-order valence-electron chi connectivity index (χ2n) is 6.93. The number of alkyl halides is 1. The van der Waals surface area contributed by atoms with Crippen molar-refractivity contribution in [2.75, 3.05) is 13.0 Å². The van der Waals surface area contributed by atoms with E-state index < -0.39 is 17.2 Å². The van der Waals surface area contributed by atoms with E-state index in [1.165, 1.54) is 7.11 Å². The lowest BCUT2D eigenvalue weighted by molar-refractivity contribution is -0.155. The van der Waals surface area contributed by atoms with Crippen molar-refractivity contribution in [3.8, 4) is 0 Å². The SMILES string of the molecule is COC(=O)C1(CCCCl)C[C@H]2C[C@H]2N1C(=O)OC(C)(C)C. The van der Waals surface area contributed by atoms with E-state index in [-0.39, 0.29) is 12.0 Å². The molecule has 1 unspecified atom stereocenters. The summed E-state index contributed by atoms with van der Waals surface area (Å²) in [4.78, 5) is 26.6. The van der Waals surface area contributed by atoms with Crippen LogP contribution in [0, 0.1) is 5.92 Å². The van der Waals surface area contributed by atoms with E-state index in [4.69, 9.17) is 21.1 Å². The first-order valence-corrected chi connectivity index (χ1v) is 7.95. The maximum Gasteiger partial charge on any atom is 0.411 e.